The van der Waals surface area contributed by atoms with Gasteiger partial charge in [0.25, 0.3) is 0 Å². The van der Waals surface area contributed by atoms with Gasteiger partial charge in [0.05, 0.1) is 18.1 Å². The maximum absolute atomic E-state index is 11.2. The van der Waals surface area contributed by atoms with Crippen LogP contribution in [-0.4, -0.2) is 36.9 Å². The molecule has 0 saturated carbocycles. The minimum Gasteiger partial charge on any atom is -0.480 e. The van der Waals surface area contributed by atoms with Gasteiger partial charge in [-0.05, 0) is 25.8 Å². The number of carbonyl (C=O) groups is 1. The molecule has 0 spiro atoms. The number of carboxylic acid groups (broad SMARTS) is 1. The van der Waals surface area contributed by atoms with Crippen LogP contribution in [0, 0.1) is 19.8 Å². The van der Waals surface area contributed by atoms with Gasteiger partial charge in [-0.25, -0.2) is 14.5 Å². The zero-order valence-electron chi connectivity index (χ0n) is 12.5. The number of aliphatic carboxylic acids is 1. The third-order valence-electron chi connectivity index (χ3n) is 3.08. The molecule has 7 heteroatoms. The molecule has 0 amide bonds. The van der Waals surface area contributed by atoms with Gasteiger partial charge >= 0.3 is 5.97 Å². The molecule has 0 unspecified atom stereocenters. The summed E-state index contributed by atoms with van der Waals surface area (Å²) >= 11 is 0. The SMILES string of the molecule is Cc1cc(C)n(-c2cncc(N[C@@H](C(=O)O)C(C)C)n2)n1. The highest BCUT2D eigenvalue weighted by molar-refractivity contribution is 5.77. The van der Waals surface area contributed by atoms with Crippen molar-refractivity contribution in [3.05, 3.63) is 29.8 Å². The van der Waals surface area contributed by atoms with E-state index in [1.165, 1.54) is 6.20 Å². The Kier molecular flexibility index (Phi) is 4.21. The molecule has 0 aliphatic heterocycles. The zero-order valence-corrected chi connectivity index (χ0v) is 12.5. The smallest absolute Gasteiger partial charge is 0.326 e. The molecule has 2 N–H and O–H groups in total. The molecule has 0 aromatic carbocycles. The van der Waals surface area contributed by atoms with Gasteiger partial charge in [0.15, 0.2) is 5.82 Å². The average molecular weight is 289 g/mol. The summed E-state index contributed by atoms with van der Waals surface area (Å²) < 4.78 is 1.68. The van der Waals surface area contributed by atoms with Gasteiger partial charge in [0, 0.05) is 5.69 Å². The number of hydrogen-bond donors (Lipinski definition) is 2. The lowest BCUT2D eigenvalue weighted by molar-refractivity contribution is -0.138. The van der Waals surface area contributed by atoms with Crippen LogP contribution in [0.5, 0.6) is 0 Å². The van der Waals surface area contributed by atoms with Gasteiger partial charge in [-0.3, -0.25) is 4.98 Å². The minimum absolute atomic E-state index is 0.0679. The van der Waals surface area contributed by atoms with Gasteiger partial charge in [-0.15, -0.1) is 0 Å². The van der Waals surface area contributed by atoms with Gasteiger partial charge in [-0.1, -0.05) is 13.8 Å². The van der Waals surface area contributed by atoms with Crippen LogP contribution in [0.25, 0.3) is 5.82 Å². The Morgan fingerprint density at radius 2 is 2.05 bits per heavy atom. The first-order valence-corrected chi connectivity index (χ1v) is 6.73. The summed E-state index contributed by atoms with van der Waals surface area (Å²) in [6, 6.07) is 1.23. The van der Waals surface area contributed by atoms with Crippen molar-refractivity contribution in [3.8, 4) is 5.82 Å². The van der Waals surface area contributed by atoms with Crippen LogP contribution in [0.4, 0.5) is 5.82 Å². The maximum atomic E-state index is 11.2. The molecule has 0 bridgehead atoms. The third-order valence-corrected chi connectivity index (χ3v) is 3.08. The van der Waals surface area contributed by atoms with E-state index in [2.05, 4.69) is 20.4 Å². The molecule has 0 aliphatic carbocycles. The fourth-order valence-corrected chi connectivity index (χ4v) is 2.06. The number of nitrogens with zero attached hydrogens (tertiary/aromatic N) is 4. The van der Waals surface area contributed by atoms with Crippen LogP contribution >= 0.6 is 0 Å². The molecule has 1 atom stereocenters. The second-order valence-corrected chi connectivity index (χ2v) is 5.31. The molecule has 21 heavy (non-hydrogen) atoms. The van der Waals surface area contributed by atoms with Crippen molar-refractivity contribution >= 4 is 11.8 Å². The van der Waals surface area contributed by atoms with Gasteiger partial charge in [0.2, 0.25) is 0 Å². The number of nitrogens with one attached hydrogen (secondary N) is 1. The summed E-state index contributed by atoms with van der Waals surface area (Å²) in [5.74, 6) is -0.00962. The lowest BCUT2D eigenvalue weighted by Crippen LogP contribution is -2.34. The van der Waals surface area contributed by atoms with E-state index in [4.69, 9.17) is 0 Å². The van der Waals surface area contributed by atoms with E-state index in [-0.39, 0.29) is 5.92 Å². The molecule has 2 aromatic rings. The largest absolute Gasteiger partial charge is 0.480 e. The van der Waals surface area contributed by atoms with E-state index in [1.54, 1.807) is 10.9 Å². The van der Waals surface area contributed by atoms with Crippen LogP contribution in [0.1, 0.15) is 25.2 Å². The van der Waals surface area contributed by atoms with E-state index >= 15 is 0 Å². The predicted molar refractivity (Wildman–Crippen MR) is 78.5 cm³/mol. The summed E-state index contributed by atoms with van der Waals surface area (Å²) in [6.45, 7) is 7.50. The minimum atomic E-state index is -0.914. The van der Waals surface area contributed by atoms with Crippen molar-refractivity contribution in [3.63, 3.8) is 0 Å². The Morgan fingerprint density at radius 3 is 2.57 bits per heavy atom. The lowest BCUT2D eigenvalue weighted by atomic mass is 10.1. The normalized spacial score (nSPS) is 12.4. The van der Waals surface area contributed by atoms with E-state index < -0.39 is 12.0 Å². The Bertz CT molecular complexity index is 651. The number of anilines is 1. The summed E-state index contributed by atoms with van der Waals surface area (Å²) in [7, 11) is 0. The molecule has 0 fully saturated rings. The summed E-state index contributed by atoms with van der Waals surface area (Å²) in [4.78, 5) is 19.7. The van der Waals surface area contributed by atoms with Gasteiger partial charge in [-0.2, -0.15) is 5.10 Å². The quantitative estimate of drug-likeness (QED) is 0.872. The highest BCUT2D eigenvalue weighted by atomic mass is 16.4. The van der Waals surface area contributed by atoms with Crippen LogP contribution in [0.3, 0.4) is 0 Å². The van der Waals surface area contributed by atoms with Crippen molar-refractivity contribution in [2.75, 3.05) is 5.32 Å². The van der Waals surface area contributed by atoms with E-state index in [9.17, 15) is 9.90 Å². The molecule has 2 heterocycles. The monoisotopic (exact) mass is 289 g/mol. The summed E-state index contributed by atoms with van der Waals surface area (Å²) in [5, 5.41) is 16.5. The molecule has 112 valence electrons. The molecule has 0 saturated heterocycles. The maximum Gasteiger partial charge on any atom is 0.326 e. The fraction of sp³-hybridized carbons (Fsp3) is 0.429. The van der Waals surface area contributed by atoms with Crippen molar-refractivity contribution in [1.29, 1.82) is 0 Å². The first-order chi connectivity index (χ1) is 9.88. The van der Waals surface area contributed by atoms with Crippen LogP contribution in [0.2, 0.25) is 0 Å². The zero-order chi connectivity index (χ0) is 15.6. The molecule has 0 radical (unpaired) electrons. The number of aryl methyl sites for hydroxylation is 2. The van der Waals surface area contributed by atoms with E-state index in [0.717, 1.165) is 11.4 Å². The van der Waals surface area contributed by atoms with Gasteiger partial charge < -0.3 is 10.4 Å². The third kappa shape index (κ3) is 3.36. The molecular formula is C14H19N5O2. The van der Waals surface area contributed by atoms with Crippen LogP contribution < -0.4 is 5.32 Å². The average Bonchev–Trinajstić information content (AvgIpc) is 2.74. The molecule has 2 aromatic heterocycles. The number of carboxylic acids is 1. The standard InChI is InChI=1S/C14H19N5O2/c1-8(2)13(14(20)21)17-11-6-15-7-12(16-11)19-10(4)5-9(3)18-19/h5-8,13H,1-4H3,(H,16,17)(H,20,21)/t13-/m1/s1. The highest BCUT2D eigenvalue weighted by Gasteiger charge is 2.21. The van der Waals surface area contributed by atoms with Crippen molar-refractivity contribution in [1.82, 2.24) is 19.7 Å². The highest BCUT2D eigenvalue weighted by Crippen LogP contribution is 2.14. The predicted octanol–water partition coefficient (Wildman–Crippen LogP) is 1.80. The second kappa shape index (κ2) is 5.90. The van der Waals surface area contributed by atoms with E-state index in [0.29, 0.717) is 11.6 Å². The molecule has 0 aliphatic rings. The Hall–Kier alpha value is -2.44. The van der Waals surface area contributed by atoms with E-state index in [1.807, 2.05) is 33.8 Å². The fourth-order valence-electron chi connectivity index (χ4n) is 2.06. The van der Waals surface area contributed by atoms with Crippen molar-refractivity contribution < 1.29 is 9.90 Å². The molecular weight excluding hydrogens is 270 g/mol. The van der Waals surface area contributed by atoms with Crippen molar-refractivity contribution in [2.24, 2.45) is 5.92 Å². The Balaban J connectivity index is 2.30. The van der Waals surface area contributed by atoms with Gasteiger partial charge in [0.1, 0.15) is 11.9 Å². The molecule has 2 rings (SSSR count). The second-order valence-electron chi connectivity index (χ2n) is 5.31. The summed E-state index contributed by atoms with van der Waals surface area (Å²) in [6.07, 6.45) is 3.10. The molecule has 7 nitrogen and oxygen atoms in total. The van der Waals surface area contributed by atoms with Crippen LogP contribution in [0.15, 0.2) is 18.5 Å². The number of rotatable bonds is 5. The number of hydrogen-bond acceptors (Lipinski definition) is 5. The van der Waals surface area contributed by atoms with Crippen molar-refractivity contribution in [2.45, 2.75) is 33.7 Å². The lowest BCUT2D eigenvalue weighted by Gasteiger charge is -2.18. The first-order valence-electron chi connectivity index (χ1n) is 6.73. The Labute approximate surface area is 123 Å². The van der Waals surface area contributed by atoms with Crippen LogP contribution in [-0.2, 0) is 4.79 Å². The topological polar surface area (TPSA) is 92.9 Å². The Morgan fingerprint density at radius 1 is 1.33 bits per heavy atom. The first kappa shape index (κ1) is 15.0. The summed E-state index contributed by atoms with van der Waals surface area (Å²) in [5.41, 5.74) is 1.83. The number of aromatic nitrogens is 4.